The molecule has 1 nitrogen and oxygen atoms in total. The number of nitrogens with one attached hydrogen (secondary N) is 1. The number of rotatable bonds is 2. The van der Waals surface area contributed by atoms with Gasteiger partial charge in [0.25, 0.3) is 0 Å². The molecule has 1 aromatic rings. The normalized spacial score (nSPS) is 16.2. The number of benzene rings is 1. The minimum absolute atomic E-state index is 0.0139. The van der Waals surface area contributed by atoms with E-state index in [-0.39, 0.29) is 11.7 Å². The third-order valence-corrected chi connectivity index (χ3v) is 1.89. The van der Waals surface area contributed by atoms with Gasteiger partial charge in [0.15, 0.2) is 0 Å². The third kappa shape index (κ3) is 1.40. The Morgan fingerprint density at radius 3 is 2.25 bits per heavy atom. The average Bonchev–Trinajstić information content (AvgIpc) is 2.80. The van der Waals surface area contributed by atoms with E-state index in [1.165, 1.54) is 18.2 Å². The van der Waals surface area contributed by atoms with Crippen molar-refractivity contribution < 1.29 is 8.78 Å². The van der Waals surface area contributed by atoms with Gasteiger partial charge in [-0.2, -0.15) is 0 Å². The predicted molar refractivity (Wildman–Crippen MR) is 43.0 cm³/mol. The van der Waals surface area contributed by atoms with Crippen molar-refractivity contribution in [2.24, 2.45) is 0 Å². The number of hydrogen-bond donors (Lipinski definition) is 1. The molecule has 1 N–H and O–H groups in total. The molecule has 1 aliphatic carbocycles. The van der Waals surface area contributed by atoms with Crippen LogP contribution in [0.3, 0.4) is 0 Å². The van der Waals surface area contributed by atoms with Gasteiger partial charge >= 0.3 is 0 Å². The first-order valence-corrected chi connectivity index (χ1v) is 3.98. The Bertz CT molecular complexity index is 274. The average molecular weight is 169 g/mol. The molecule has 3 heteroatoms. The summed E-state index contributed by atoms with van der Waals surface area (Å²) in [7, 11) is 0. The summed E-state index contributed by atoms with van der Waals surface area (Å²) in [4.78, 5) is 0. The predicted octanol–water partition coefficient (Wildman–Crippen LogP) is 2.54. The lowest BCUT2D eigenvalue weighted by Crippen LogP contribution is -2.05. The fourth-order valence-electron chi connectivity index (χ4n) is 1.07. The number of para-hydroxylation sites is 1. The van der Waals surface area contributed by atoms with Crippen molar-refractivity contribution in [1.29, 1.82) is 0 Å². The van der Waals surface area contributed by atoms with Crippen LogP contribution in [0.25, 0.3) is 0 Å². The van der Waals surface area contributed by atoms with Crippen LogP contribution in [0.2, 0.25) is 0 Å². The van der Waals surface area contributed by atoms with Crippen molar-refractivity contribution in [2.75, 3.05) is 5.32 Å². The van der Waals surface area contributed by atoms with Gasteiger partial charge in [0.1, 0.15) is 17.3 Å². The van der Waals surface area contributed by atoms with Crippen LogP contribution in [0.15, 0.2) is 18.2 Å². The van der Waals surface area contributed by atoms with Crippen LogP contribution in [0.4, 0.5) is 14.5 Å². The summed E-state index contributed by atoms with van der Waals surface area (Å²) in [5, 5.41) is 2.80. The Morgan fingerprint density at radius 1 is 1.17 bits per heavy atom. The van der Waals surface area contributed by atoms with E-state index < -0.39 is 11.6 Å². The molecule has 12 heavy (non-hydrogen) atoms. The van der Waals surface area contributed by atoms with Crippen LogP contribution >= 0.6 is 0 Å². The van der Waals surface area contributed by atoms with Gasteiger partial charge in [-0.25, -0.2) is 8.78 Å². The summed E-state index contributed by atoms with van der Waals surface area (Å²) in [6.45, 7) is 0. The van der Waals surface area contributed by atoms with Crippen molar-refractivity contribution in [3.05, 3.63) is 29.8 Å². The highest BCUT2D eigenvalue weighted by molar-refractivity contribution is 5.47. The molecule has 0 aromatic heterocycles. The lowest BCUT2D eigenvalue weighted by atomic mass is 10.3. The van der Waals surface area contributed by atoms with E-state index in [1.807, 2.05) is 0 Å². The summed E-state index contributed by atoms with van der Waals surface area (Å²) >= 11 is 0. The molecule has 0 unspecified atom stereocenters. The summed E-state index contributed by atoms with van der Waals surface area (Å²) in [6.07, 6.45) is 2.02. The highest BCUT2D eigenvalue weighted by Crippen LogP contribution is 2.27. The van der Waals surface area contributed by atoms with Crippen LogP contribution in [0.5, 0.6) is 0 Å². The monoisotopic (exact) mass is 169 g/mol. The summed E-state index contributed by atoms with van der Waals surface area (Å²) in [5.41, 5.74) is 0.0139. The Hall–Kier alpha value is -1.12. The van der Waals surface area contributed by atoms with Crippen molar-refractivity contribution in [3.63, 3.8) is 0 Å². The lowest BCUT2D eigenvalue weighted by molar-refractivity contribution is 0.588. The van der Waals surface area contributed by atoms with Crippen molar-refractivity contribution in [1.82, 2.24) is 0 Å². The maximum absolute atomic E-state index is 12.9. The summed E-state index contributed by atoms with van der Waals surface area (Å²) in [6, 6.07) is 4.15. The first-order valence-electron chi connectivity index (χ1n) is 3.98. The Kier molecular flexibility index (Phi) is 1.71. The van der Waals surface area contributed by atoms with Crippen molar-refractivity contribution >= 4 is 5.69 Å². The van der Waals surface area contributed by atoms with Crippen LogP contribution in [0, 0.1) is 11.6 Å². The van der Waals surface area contributed by atoms with Gasteiger partial charge in [0.2, 0.25) is 0 Å². The number of hydrogen-bond acceptors (Lipinski definition) is 1. The second-order valence-electron chi connectivity index (χ2n) is 3.02. The molecule has 2 rings (SSSR count). The fraction of sp³-hybridized carbons (Fsp3) is 0.333. The Balaban J connectivity index is 2.26. The molecule has 0 atom stereocenters. The van der Waals surface area contributed by atoms with Gasteiger partial charge in [-0.1, -0.05) is 6.07 Å². The van der Waals surface area contributed by atoms with E-state index in [0.29, 0.717) is 0 Å². The zero-order chi connectivity index (χ0) is 8.55. The van der Waals surface area contributed by atoms with E-state index >= 15 is 0 Å². The maximum atomic E-state index is 12.9. The van der Waals surface area contributed by atoms with Crippen LogP contribution in [-0.2, 0) is 0 Å². The second kappa shape index (κ2) is 2.73. The first kappa shape index (κ1) is 7.53. The van der Waals surface area contributed by atoms with Crippen molar-refractivity contribution in [3.8, 4) is 0 Å². The molecule has 0 spiro atoms. The molecule has 0 bridgehead atoms. The lowest BCUT2D eigenvalue weighted by Gasteiger charge is -2.05. The van der Waals surface area contributed by atoms with Gasteiger partial charge in [-0.05, 0) is 25.0 Å². The first-order chi connectivity index (χ1) is 5.77. The van der Waals surface area contributed by atoms with Gasteiger partial charge < -0.3 is 5.32 Å². The van der Waals surface area contributed by atoms with Gasteiger partial charge in [-0.3, -0.25) is 0 Å². The summed E-state index contributed by atoms with van der Waals surface area (Å²) in [5.74, 6) is -1.02. The van der Waals surface area contributed by atoms with E-state index in [2.05, 4.69) is 5.32 Å². The number of halogens is 2. The molecule has 1 aromatic carbocycles. The molecule has 1 saturated carbocycles. The minimum atomic E-state index is -0.512. The zero-order valence-electron chi connectivity index (χ0n) is 6.48. The molecular formula is C9H9F2N. The second-order valence-corrected chi connectivity index (χ2v) is 3.02. The number of anilines is 1. The van der Waals surface area contributed by atoms with E-state index in [0.717, 1.165) is 12.8 Å². The smallest absolute Gasteiger partial charge is 0.149 e. The highest BCUT2D eigenvalue weighted by atomic mass is 19.1. The minimum Gasteiger partial charge on any atom is -0.378 e. The molecule has 1 fully saturated rings. The molecular weight excluding hydrogens is 160 g/mol. The third-order valence-electron chi connectivity index (χ3n) is 1.89. The molecule has 0 amide bonds. The zero-order valence-corrected chi connectivity index (χ0v) is 6.48. The van der Waals surface area contributed by atoms with Crippen LogP contribution in [-0.4, -0.2) is 6.04 Å². The van der Waals surface area contributed by atoms with Crippen molar-refractivity contribution in [2.45, 2.75) is 18.9 Å². The summed E-state index contributed by atoms with van der Waals surface area (Å²) < 4.78 is 25.9. The quantitative estimate of drug-likeness (QED) is 0.717. The van der Waals surface area contributed by atoms with Crippen LogP contribution in [0.1, 0.15) is 12.8 Å². The molecule has 0 heterocycles. The van der Waals surface area contributed by atoms with Gasteiger partial charge in [0, 0.05) is 6.04 Å². The Labute approximate surface area is 69.4 Å². The molecule has 0 saturated heterocycles. The molecule has 0 radical (unpaired) electrons. The highest BCUT2D eigenvalue weighted by Gasteiger charge is 2.23. The standard InChI is InChI=1S/C9H9F2N/c10-7-2-1-3-8(11)9(7)12-6-4-5-6/h1-3,6,12H,4-5H2. The largest absolute Gasteiger partial charge is 0.378 e. The van der Waals surface area contributed by atoms with Gasteiger partial charge in [-0.15, -0.1) is 0 Å². The molecule has 1 aliphatic rings. The fourth-order valence-corrected chi connectivity index (χ4v) is 1.07. The van der Waals surface area contributed by atoms with E-state index in [9.17, 15) is 8.78 Å². The topological polar surface area (TPSA) is 12.0 Å². The Morgan fingerprint density at radius 2 is 1.75 bits per heavy atom. The van der Waals surface area contributed by atoms with Crippen LogP contribution < -0.4 is 5.32 Å². The maximum Gasteiger partial charge on any atom is 0.149 e. The molecule has 64 valence electrons. The van der Waals surface area contributed by atoms with E-state index in [4.69, 9.17) is 0 Å². The SMILES string of the molecule is Fc1cccc(F)c1NC1CC1. The molecule has 0 aliphatic heterocycles. The van der Waals surface area contributed by atoms with E-state index in [1.54, 1.807) is 0 Å². The van der Waals surface area contributed by atoms with Gasteiger partial charge in [0.05, 0.1) is 0 Å².